The molecule has 1 aliphatic carbocycles. The van der Waals surface area contributed by atoms with E-state index in [9.17, 15) is 32.9 Å². The highest BCUT2D eigenvalue weighted by molar-refractivity contribution is 6.37. The van der Waals surface area contributed by atoms with Gasteiger partial charge in [0.1, 0.15) is 16.2 Å². The molecular formula is C15H13ClF3N3O4. The molecule has 0 amide bonds. The molecule has 0 aromatic carbocycles. The van der Waals surface area contributed by atoms with Crippen molar-refractivity contribution in [2.45, 2.75) is 44.3 Å². The van der Waals surface area contributed by atoms with Gasteiger partial charge in [-0.15, -0.1) is 0 Å². The van der Waals surface area contributed by atoms with E-state index >= 15 is 0 Å². The van der Waals surface area contributed by atoms with Crippen LogP contribution >= 0.6 is 11.6 Å². The second kappa shape index (κ2) is 6.42. The van der Waals surface area contributed by atoms with Crippen LogP contribution in [0.2, 0.25) is 5.02 Å². The Morgan fingerprint density at radius 2 is 1.85 bits per heavy atom. The summed E-state index contributed by atoms with van der Waals surface area (Å²) in [6, 6.07) is -0.0638. The topological polar surface area (TPSA) is 98.0 Å². The van der Waals surface area contributed by atoms with Gasteiger partial charge in [-0.2, -0.15) is 13.2 Å². The summed E-state index contributed by atoms with van der Waals surface area (Å²) in [5.41, 5.74) is -5.09. The van der Waals surface area contributed by atoms with E-state index in [1.807, 2.05) is 4.98 Å². The Kier molecular flexibility index (Phi) is 4.55. The van der Waals surface area contributed by atoms with E-state index in [-0.39, 0.29) is 0 Å². The van der Waals surface area contributed by atoms with Crippen LogP contribution in [0.15, 0.2) is 15.7 Å². The molecule has 11 heteroatoms. The highest BCUT2D eigenvalue weighted by atomic mass is 35.5. The molecule has 0 saturated heterocycles. The van der Waals surface area contributed by atoms with Gasteiger partial charge in [0.2, 0.25) is 0 Å². The standard InChI is InChI=1S/C15H13ClF3N3O4/c16-10-8-6-9(15(17,18)19)21(7-4-2-1-3-5-7)14(24)11(8)20-13(23)12(10)22(25)26/h6-7H,1-5H2,(H,20,23). The lowest BCUT2D eigenvalue weighted by Crippen LogP contribution is -2.34. The lowest BCUT2D eigenvalue weighted by molar-refractivity contribution is -0.386. The van der Waals surface area contributed by atoms with Gasteiger partial charge in [0, 0.05) is 11.4 Å². The maximum absolute atomic E-state index is 13.6. The van der Waals surface area contributed by atoms with E-state index < -0.39 is 55.6 Å². The Morgan fingerprint density at radius 1 is 1.23 bits per heavy atom. The number of aromatic amines is 1. The molecular weight excluding hydrogens is 379 g/mol. The molecule has 26 heavy (non-hydrogen) atoms. The van der Waals surface area contributed by atoms with Crippen LogP contribution in [0.3, 0.4) is 0 Å². The number of aromatic nitrogens is 2. The number of hydrogen-bond acceptors (Lipinski definition) is 4. The number of nitrogens with one attached hydrogen (secondary N) is 1. The summed E-state index contributed by atoms with van der Waals surface area (Å²) < 4.78 is 41.4. The fraction of sp³-hybridized carbons (Fsp3) is 0.467. The highest BCUT2D eigenvalue weighted by Crippen LogP contribution is 2.37. The molecule has 1 saturated carbocycles. The lowest BCUT2D eigenvalue weighted by Gasteiger charge is -2.27. The minimum atomic E-state index is -4.86. The molecule has 1 aliphatic rings. The number of nitro groups is 1. The quantitative estimate of drug-likeness (QED) is 0.622. The van der Waals surface area contributed by atoms with Crippen molar-refractivity contribution < 1.29 is 18.1 Å². The molecule has 0 radical (unpaired) electrons. The number of nitrogens with zero attached hydrogens (tertiary/aromatic N) is 2. The van der Waals surface area contributed by atoms with Crippen molar-refractivity contribution in [2.75, 3.05) is 0 Å². The molecule has 2 aromatic heterocycles. The van der Waals surface area contributed by atoms with Crippen LogP contribution in [0.4, 0.5) is 18.9 Å². The third-order valence-electron chi connectivity index (χ3n) is 4.55. The largest absolute Gasteiger partial charge is 0.431 e. The average molecular weight is 392 g/mol. The first kappa shape index (κ1) is 18.4. The predicted octanol–water partition coefficient (Wildman–Crippen LogP) is 3.78. The molecule has 0 aliphatic heterocycles. The van der Waals surface area contributed by atoms with Gasteiger partial charge in [0.15, 0.2) is 0 Å². The molecule has 140 valence electrons. The fourth-order valence-corrected chi connectivity index (χ4v) is 3.70. The Bertz CT molecular complexity index is 1010. The van der Waals surface area contributed by atoms with Crippen molar-refractivity contribution in [3.8, 4) is 0 Å². The van der Waals surface area contributed by atoms with E-state index in [2.05, 4.69) is 0 Å². The third kappa shape index (κ3) is 2.98. The molecule has 1 fully saturated rings. The number of pyridine rings is 2. The molecule has 0 spiro atoms. The van der Waals surface area contributed by atoms with Gasteiger partial charge >= 0.3 is 17.4 Å². The van der Waals surface area contributed by atoms with Crippen molar-refractivity contribution >= 4 is 28.2 Å². The monoisotopic (exact) mass is 391 g/mol. The zero-order chi connectivity index (χ0) is 19.2. The molecule has 0 unspecified atom stereocenters. The minimum Gasteiger partial charge on any atom is -0.311 e. The van der Waals surface area contributed by atoms with E-state index in [1.165, 1.54) is 0 Å². The van der Waals surface area contributed by atoms with E-state index in [4.69, 9.17) is 11.6 Å². The summed E-state index contributed by atoms with van der Waals surface area (Å²) >= 11 is 5.80. The predicted molar refractivity (Wildman–Crippen MR) is 87.6 cm³/mol. The second-order valence-corrected chi connectivity index (χ2v) is 6.53. The van der Waals surface area contributed by atoms with Crippen LogP contribution in [-0.2, 0) is 6.18 Å². The number of fused-ring (bicyclic) bond motifs is 1. The van der Waals surface area contributed by atoms with Gasteiger partial charge in [0.05, 0.1) is 4.92 Å². The smallest absolute Gasteiger partial charge is 0.311 e. The average Bonchev–Trinajstić information content (AvgIpc) is 2.55. The van der Waals surface area contributed by atoms with Crippen molar-refractivity contribution in [2.24, 2.45) is 0 Å². The maximum Gasteiger partial charge on any atom is 0.431 e. The first-order valence-corrected chi connectivity index (χ1v) is 8.23. The van der Waals surface area contributed by atoms with E-state index in [0.717, 1.165) is 6.42 Å². The minimum absolute atomic E-state index is 0.402. The third-order valence-corrected chi connectivity index (χ3v) is 4.94. The Hall–Kier alpha value is -2.36. The van der Waals surface area contributed by atoms with E-state index in [0.29, 0.717) is 36.3 Å². The Labute approximate surface area is 148 Å². The summed E-state index contributed by atoms with van der Waals surface area (Å²) in [5, 5.41) is 9.68. The summed E-state index contributed by atoms with van der Waals surface area (Å²) in [5.74, 6) is 0. The Balaban J connectivity index is 2.42. The summed E-state index contributed by atoms with van der Waals surface area (Å²) in [6.45, 7) is 0. The van der Waals surface area contributed by atoms with Crippen LogP contribution in [0.25, 0.3) is 10.9 Å². The summed E-state index contributed by atoms with van der Waals surface area (Å²) in [6.07, 6.45) is -1.82. The van der Waals surface area contributed by atoms with Crippen LogP contribution in [-0.4, -0.2) is 14.5 Å². The molecule has 7 nitrogen and oxygen atoms in total. The van der Waals surface area contributed by atoms with Gasteiger partial charge in [-0.25, -0.2) is 0 Å². The zero-order valence-electron chi connectivity index (χ0n) is 13.2. The molecule has 0 bridgehead atoms. The molecule has 0 atom stereocenters. The van der Waals surface area contributed by atoms with Crippen LogP contribution in [0.5, 0.6) is 0 Å². The molecule has 1 N–H and O–H groups in total. The van der Waals surface area contributed by atoms with Gasteiger partial charge in [-0.3, -0.25) is 24.3 Å². The molecule has 3 rings (SSSR count). The van der Waals surface area contributed by atoms with Gasteiger partial charge in [-0.05, 0) is 18.9 Å². The van der Waals surface area contributed by atoms with E-state index in [1.54, 1.807) is 0 Å². The summed E-state index contributed by atoms with van der Waals surface area (Å²) in [4.78, 5) is 36.5. The SMILES string of the molecule is O=c1[nH]c2c(=O)n(C3CCCCC3)c(C(F)(F)F)cc2c(Cl)c1[N+](=O)[O-]. The second-order valence-electron chi connectivity index (χ2n) is 6.16. The normalized spacial score (nSPS) is 16.2. The van der Waals surface area contributed by atoms with Crippen LogP contribution < -0.4 is 11.1 Å². The number of hydrogen-bond donors (Lipinski definition) is 1. The number of halogens is 4. The van der Waals surface area contributed by atoms with Crippen molar-refractivity contribution in [3.05, 3.63) is 47.6 Å². The zero-order valence-corrected chi connectivity index (χ0v) is 14.0. The van der Waals surface area contributed by atoms with Crippen LogP contribution in [0.1, 0.15) is 43.8 Å². The van der Waals surface area contributed by atoms with Crippen LogP contribution in [0, 0.1) is 10.1 Å². The summed E-state index contributed by atoms with van der Waals surface area (Å²) in [7, 11) is 0. The Morgan fingerprint density at radius 3 is 2.38 bits per heavy atom. The van der Waals surface area contributed by atoms with Crippen molar-refractivity contribution in [1.29, 1.82) is 0 Å². The van der Waals surface area contributed by atoms with Gasteiger partial charge in [0.25, 0.3) is 5.56 Å². The lowest BCUT2D eigenvalue weighted by atomic mass is 9.94. The molecule has 2 heterocycles. The van der Waals surface area contributed by atoms with Gasteiger partial charge < -0.3 is 4.98 Å². The number of rotatable bonds is 2. The van der Waals surface area contributed by atoms with Crippen molar-refractivity contribution in [1.82, 2.24) is 9.55 Å². The fourth-order valence-electron chi connectivity index (χ4n) is 3.40. The van der Waals surface area contributed by atoms with Gasteiger partial charge in [-0.1, -0.05) is 30.9 Å². The number of H-pyrrole nitrogens is 1. The molecule has 2 aromatic rings. The first-order chi connectivity index (χ1) is 12.1. The number of alkyl halides is 3. The first-order valence-electron chi connectivity index (χ1n) is 7.85. The maximum atomic E-state index is 13.6. The van der Waals surface area contributed by atoms with Crippen molar-refractivity contribution in [3.63, 3.8) is 0 Å². The highest BCUT2D eigenvalue weighted by Gasteiger charge is 2.38.